The number of rotatable bonds is 5. The van der Waals surface area contributed by atoms with E-state index in [4.69, 9.17) is 11.6 Å². The summed E-state index contributed by atoms with van der Waals surface area (Å²) in [4.78, 5) is 15.4. The average molecular weight is 401 g/mol. The van der Waals surface area contributed by atoms with Crippen molar-refractivity contribution < 1.29 is 4.79 Å². The van der Waals surface area contributed by atoms with Gasteiger partial charge in [-0.1, -0.05) is 30.2 Å². The lowest BCUT2D eigenvalue weighted by atomic mass is 9.83. The van der Waals surface area contributed by atoms with Crippen molar-refractivity contribution in [3.8, 4) is 11.3 Å². The largest absolute Gasteiger partial charge is 0.355 e. The van der Waals surface area contributed by atoms with E-state index in [9.17, 15) is 4.79 Å². The van der Waals surface area contributed by atoms with Crippen LogP contribution < -0.4 is 5.32 Å². The van der Waals surface area contributed by atoms with E-state index >= 15 is 0 Å². The highest BCUT2D eigenvalue weighted by Crippen LogP contribution is 2.30. The molecule has 2 N–H and O–H groups in total. The van der Waals surface area contributed by atoms with Gasteiger partial charge < -0.3 is 10.2 Å². The Hall–Kier alpha value is -1.85. The van der Waals surface area contributed by atoms with Gasteiger partial charge in [0.2, 0.25) is 5.91 Å². The molecule has 5 nitrogen and oxygen atoms in total. The molecule has 4 rings (SSSR count). The van der Waals surface area contributed by atoms with Crippen LogP contribution in [0.3, 0.4) is 0 Å². The Morgan fingerprint density at radius 3 is 2.82 bits per heavy atom. The second-order valence-electron chi connectivity index (χ2n) is 8.16. The van der Waals surface area contributed by atoms with Crippen LogP contribution in [0.2, 0.25) is 5.02 Å². The van der Waals surface area contributed by atoms with Gasteiger partial charge in [-0.2, -0.15) is 5.10 Å². The van der Waals surface area contributed by atoms with E-state index in [1.54, 1.807) is 0 Å². The lowest BCUT2D eigenvalue weighted by molar-refractivity contribution is -0.120. The number of aromatic amines is 1. The second kappa shape index (κ2) is 8.66. The first-order valence-corrected chi connectivity index (χ1v) is 10.8. The van der Waals surface area contributed by atoms with Gasteiger partial charge in [-0.3, -0.25) is 9.89 Å². The van der Waals surface area contributed by atoms with Crippen LogP contribution in [0.5, 0.6) is 0 Å². The number of hydrogen-bond acceptors (Lipinski definition) is 3. The van der Waals surface area contributed by atoms with Crippen molar-refractivity contribution in [1.82, 2.24) is 20.4 Å². The Morgan fingerprint density at radius 2 is 2.00 bits per heavy atom. The summed E-state index contributed by atoms with van der Waals surface area (Å²) in [5.74, 6) is 0.659. The lowest BCUT2D eigenvalue weighted by Crippen LogP contribution is -2.51. The van der Waals surface area contributed by atoms with Crippen molar-refractivity contribution >= 4 is 17.5 Å². The number of fused-ring (bicyclic) bond motifs is 1. The number of halogens is 1. The number of hydrogen-bond donors (Lipinski definition) is 2. The minimum Gasteiger partial charge on any atom is -0.355 e. The topological polar surface area (TPSA) is 61.0 Å². The van der Waals surface area contributed by atoms with Crippen LogP contribution in [0.25, 0.3) is 11.3 Å². The second-order valence-corrected chi connectivity index (χ2v) is 8.60. The molecular weight excluding hydrogens is 372 g/mol. The van der Waals surface area contributed by atoms with E-state index in [-0.39, 0.29) is 5.91 Å². The van der Waals surface area contributed by atoms with Crippen molar-refractivity contribution in [2.75, 3.05) is 19.6 Å². The monoisotopic (exact) mass is 400 g/mol. The molecule has 3 heterocycles. The molecule has 2 atom stereocenters. The number of aryl methyl sites for hydroxylation is 1. The van der Waals surface area contributed by atoms with Crippen LogP contribution in [-0.2, 0) is 11.2 Å². The number of nitrogens with one attached hydrogen (secondary N) is 2. The van der Waals surface area contributed by atoms with Crippen LogP contribution >= 0.6 is 11.6 Å². The molecule has 0 aliphatic carbocycles. The maximum Gasteiger partial charge on any atom is 0.224 e. The van der Waals surface area contributed by atoms with E-state index in [0.29, 0.717) is 23.4 Å². The number of aromatic nitrogens is 2. The fourth-order valence-corrected chi connectivity index (χ4v) is 4.92. The third kappa shape index (κ3) is 4.26. The van der Waals surface area contributed by atoms with E-state index in [1.807, 2.05) is 31.2 Å². The third-order valence-corrected chi connectivity index (χ3v) is 6.57. The van der Waals surface area contributed by atoms with Crippen molar-refractivity contribution in [3.63, 3.8) is 0 Å². The molecule has 2 fully saturated rings. The molecule has 28 heavy (non-hydrogen) atoms. The third-order valence-electron chi connectivity index (χ3n) is 6.32. The first-order valence-electron chi connectivity index (χ1n) is 10.4. The molecule has 6 heteroatoms. The Morgan fingerprint density at radius 1 is 1.21 bits per heavy atom. The van der Waals surface area contributed by atoms with Crippen LogP contribution in [-0.4, -0.2) is 46.7 Å². The number of carbonyl (C=O) groups excluding carboxylic acids is 1. The Labute approximate surface area is 171 Å². The normalized spacial score (nSPS) is 22.6. The van der Waals surface area contributed by atoms with E-state index in [2.05, 4.69) is 20.4 Å². The van der Waals surface area contributed by atoms with Crippen molar-refractivity contribution in [2.24, 2.45) is 5.92 Å². The van der Waals surface area contributed by atoms with Crippen molar-refractivity contribution in [2.45, 2.75) is 51.5 Å². The van der Waals surface area contributed by atoms with Gasteiger partial charge in [-0.25, -0.2) is 0 Å². The summed E-state index contributed by atoms with van der Waals surface area (Å²) in [5.41, 5.74) is 3.71. The molecule has 0 bridgehead atoms. The predicted octanol–water partition coefficient (Wildman–Crippen LogP) is 3.96. The maximum atomic E-state index is 12.7. The molecule has 1 aromatic heterocycles. The zero-order valence-corrected chi connectivity index (χ0v) is 17.3. The highest BCUT2D eigenvalue weighted by atomic mass is 35.5. The molecule has 0 spiro atoms. The first kappa shape index (κ1) is 19.5. The Kier molecular flexibility index (Phi) is 6.02. The first-order chi connectivity index (χ1) is 13.6. The zero-order chi connectivity index (χ0) is 19.5. The number of carbonyl (C=O) groups is 1. The number of nitrogens with zero attached hydrogens (tertiary/aromatic N) is 2. The number of benzene rings is 1. The lowest BCUT2D eigenvalue weighted by Gasteiger charge is -2.44. The van der Waals surface area contributed by atoms with Gasteiger partial charge in [0.05, 0.1) is 12.1 Å². The fourth-order valence-electron chi connectivity index (χ4n) is 4.80. The minimum atomic E-state index is 0.0765. The van der Waals surface area contributed by atoms with E-state index in [0.717, 1.165) is 29.1 Å². The Balaban J connectivity index is 1.39. The van der Waals surface area contributed by atoms with Crippen LogP contribution in [0.15, 0.2) is 24.3 Å². The summed E-state index contributed by atoms with van der Waals surface area (Å²) in [6, 6.07) is 8.24. The van der Waals surface area contributed by atoms with Crippen molar-refractivity contribution in [3.05, 3.63) is 40.5 Å². The SMILES string of the molecule is Cc1[nH]nc(-c2ccc(Cl)cc2)c1CC(=O)NC[C@H]1CCCN2CCCC[C@@H]12. The molecule has 0 unspecified atom stereocenters. The standard InChI is InChI=1S/C22H29ClN4O/c1-15-19(22(26-25-15)16-7-9-18(23)10-8-16)13-21(28)24-14-17-5-4-12-27-11-3-2-6-20(17)27/h7-10,17,20H,2-6,11-14H2,1H3,(H,24,28)(H,25,26)/t17-,20+/m1/s1. The molecule has 1 aromatic carbocycles. The highest BCUT2D eigenvalue weighted by molar-refractivity contribution is 6.30. The predicted molar refractivity (Wildman–Crippen MR) is 112 cm³/mol. The van der Waals surface area contributed by atoms with Crippen LogP contribution in [0, 0.1) is 12.8 Å². The molecule has 1 amide bonds. The van der Waals surface area contributed by atoms with Gasteiger partial charge >= 0.3 is 0 Å². The molecule has 150 valence electrons. The number of piperidine rings is 2. The molecule has 2 aromatic rings. The van der Waals surface area contributed by atoms with Gasteiger partial charge in [0, 0.05) is 34.4 Å². The summed E-state index contributed by atoms with van der Waals surface area (Å²) >= 11 is 6.00. The molecule has 2 aliphatic rings. The summed E-state index contributed by atoms with van der Waals surface area (Å²) in [7, 11) is 0. The smallest absolute Gasteiger partial charge is 0.224 e. The van der Waals surface area contributed by atoms with Gasteiger partial charge in [0.25, 0.3) is 0 Å². The minimum absolute atomic E-state index is 0.0765. The number of H-pyrrole nitrogens is 1. The molecule has 0 saturated carbocycles. The van der Waals surface area contributed by atoms with Gasteiger partial charge in [0.15, 0.2) is 0 Å². The quantitative estimate of drug-likeness (QED) is 0.798. The van der Waals surface area contributed by atoms with Crippen molar-refractivity contribution in [1.29, 1.82) is 0 Å². The maximum absolute atomic E-state index is 12.7. The summed E-state index contributed by atoms with van der Waals surface area (Å²) < 4.78 is 0. The highest BCUT2D eigenvalue weighted by Gasteiger charge is 2.33. The summed E-state index contributed by atoms with van der Waals surface area (Å²) in [6.45, 7) is 5.21. The zero-order valence-electron chi connectivity index (χ0n) is 16.5. The molecule has 2 saturated heterocycles. The van der Waals surface area contributed by atoms with Gasteiger partial charge in [0.1, 0.15) is 0 Å². The molecule has 0 radical (unpaired) electrons. The Bertz CT molecular complexity index is 814. The van der Waals surface area contributed by atoms with Gasteiger partial charge in [-0.05, 0) is 63.7 Å². The molecular formula is C22H29ClN4O. The van der Waals surface area contributed by atoms with Crippen LogP contribution in [0.1, 0.15) is 43.4 Å². The van der Waals surface area contributed by atoms with E-state index < -0.39 is 0 Å². The molecule has 2 aliphatic heterocycles. The number of amides is 1. The average Bonchev–Trinajstić information content (AvgIpc) is 3.07. The fraction of sp³-hybridized carbons (Fsp3) is 0.545. The summed E-state index contributed by atoms with van der Waals surface area (Å²) in [6.07, 6.45) is 6.75. The van der Waals surface area contributed by atoms with Crippen LogP contribution in [0.4, 0.5) is 0 Å². The van der Waals surface area contributed by atoms with Gasteiger partial charge in [-0.15, -0.1) is 0 Å². The summed E-state index contributed by atoms with van der Waals surface area (Å²) in [5, 5.41) is 11.4. The van der Waals surface area contributed by atoms with E-state index in [1.165, 1.54) is 45.2 Å².